The fourth-order valence-electron chi connectivity index (χ4n) is 1.47. The molecule has 0 radical (unpaired) electrons. The van der Waals surface area contributed by atoms with Crippen LogP contribution in [0.5, 0.6) is 0 Å². The Morgan fingerprint density at radius 2 is 2.21 bits per heavy atom. The van der Waals surface area contributed by atoms with Crippen LogP contribution in [0.2, 0.25) is 0 Å². The molecule has 0 aliphatic rings. The average Bonchev–Trinajstić information content (AvgIpc) is 2.65. The molecular weight excluding hydrogens is 375 g/mol. The molecule has 0 spiro atoms. The number of aryl methyl sites for hydroxylation is 2. The Kier molecular flexibility index (Phi) is 10.2. The minimum Gasteiger partial charge on any atom is -0.382 e. The maximum absolute atomic E-state index is 5.77. The molecule has 0 atom stereocenters. The third-order valence-corrected chi connectivity index (χ3v) is 3.30. The van der Waals surface area contributed by atoms with E-state index in [0.717, 1.165) is 36.9 Å². The van der Waals surface area contributed by atoms with E-state index in [2.05, 4.69) is 22.2 Å². The normalized spacial score (nSPS) is 11.2. The van der Waals surface area contributed by atoms with Crippen LogP contribution < -0.4 is 11.1 Å². The van der Waals surface area contributed by atoms with Gasteiger partial charge in [0.15, 0.2) is 5.96 Å². The average molecular weight is 398 g/mol. The van der Waals surface area contributed by atoms with Crippen molar-refractivity contribution in [1.82, 2.24) is 10.3 Å². The van der Waals surface area contributed by atoms with E-state index in [0.29, 0.717) is 12.5 Å². The molecule has 1 heterocycles. The molecule has 0 saturated carbocycles. The second kappa shape index (κ2) is 10.4. The van der Waals surface area contributed by atoms with Gasteiger partial charge in [0.1, 0.15) is 0 Å². The van der Waals surface area contributed by atoms with Gasteiger partial charge < -0.3 is 15.8 Å². The Morgan fingerprint density at radius 1 is 1.47 bits per heavy atom. The summed E-state index contributed by atoms with van der Waals surface area (Å²) >= 11 is 1.69. The molecule has 19 heavy (non-hydrogen) atoms. The molecule has 0 saturated heterocycles. The highest BCUT2D eigenvalue weighted by atomic mass is 127. The van der Waals surface area contributed by atoms with Crippen molar-refractivity contribution in [1.29, 1.82) is 0 Å². The van der Waals surface area contributed by atoms with E-state index < -0.39 is 0 Å². The molecule has 0 unspecified atom stereocenters. The van der Waals surface area contributed by atoms with Gasteiger partial charge in [0, 0.05) is 24.6 Å². The molecule has 0 fully saturated rings. The van der Waals surface area contributed by atoms with Gasteiger partial charge in [0.2, 0.25) is 0 Å². The van der Waals surface area contributed by atoms with Crippen LogP contribution in [0.1, 0.15) is 28.9 Å². The van der Waals surface area contributed by atoms with Crippen molar-refractivity contribution in [3.63, 3.8) is 0 Å². The van der Waals surface area contributed by atoms with Crippen LogP contribution >= 0.6 is 35.3 Å². The van der Waals surface area contributed by atoms with Gasteiger partial charge in [-0.05, 0) is 27.2 Å². The van der Waals surface area contributed by atoms with Gasteiger partial charge in [0.05, 0.1) is 17.2 Å². The standard InChI is InChI=1S/C12H22N4OS.HI/c1-4-17-7-5-6-14-12(13)15-8-11-9(2)18-10(3)16-11;/h4-8H2,1-3H3,(H3,13,14,15);1H. The van der Waals surface area contributed by atoms with E-state index >= 15 is 0 Å². The van der Waals surface area contributed by atoms with E-state index in [1.165, 1.54) is 4.88 Å². The Hall–Kier alpha value is -0.410. The first kappa shape index (κ1) is 18.6. The van der Waals surface area contributed by atoms with Crippen molar-refractivity contribution < 1.29 is 4.74 Å². The molecule has 3 N–H and O–H groups in total. The number of aliphatic imine (C=N–C) groups is 1. The quantitative estimate of drug-likeness (QED) is 0.320. The zero-order valence-electron chi connectivity index (χ0n) is 11.7. The summed E-state index contributed by atoms with van der Waals surface area (Å²) in [5.74, 6) is 0.469. The molecule has 1 aromatic rings. The molecule has 0 aromatic carbocycles. The van der Waals surface area contributed by atoms with E-state index in [1.807, 2.05) is 13.8 Å². The largest absolute Gasteiger partial charge is 0.382 e. The van der Waals surface area contributed by atoms with Crippen LogP contribution in [0.3, 0.4) is 0 Å². The number of ether oxygens (including phenoxy) is 1. The number of nitrogens with zero attached hydrogens (tertiary/aromatic N) is 2. The van der Waals surface area contributed by atoms with Gasteiger partial charge in [-0.25, -0.2) is 9.98 Å². The predicted octanol–water partition coefficient (Wildman–Crippen LogP) is 2.21. The number of aromatic nitrogens is 1. The third-order valence-electron chi connectivity index (χ3n) is 2.37. The van der Waals surface area contributed by atoms with Gasteiger partial charge in [0.25, 0.3) is 0 Å². The summed E-state index contributed by atoms with van der Waals surface area (Å²) in [7, 11) is 0. The molecule has 0 aliphatic heterocycles. The van der Waals surface area contributed by atoms with Crippen molar-refractivity contribution in [2.24, 2.45) is 10.7 Å². The molecular formula is C12H23IN4OS. The first-order chi connectivity index (χ1) is 8.63. The first-order valence-corrected chi connectivity index (χ1v) is 6.99. The SMILES string of the molecule is CCOCCCNC(N)=NCc1nc(C)sc1C.I. The summed E-state index contributed by atoms with van der Waals surface area (Å²) in [5, 5.41) is 4.13. The van der Waals surface area contributed by atoms with E-state index in [-0.39, 0.29) is 24.0 Å². The Labute approximate surface area is 136 Å². The van der Waals surface area contributed by atoms with Crippen LogP contribution in [-0.2, 0) is 11.3 Å². The van der Waals surface area contributed by atoms with Crippen molar-refractivity contribution in [2.45, 2.75) is 33.7 Å². The lowest BCUT2D eigenvalue weighted by molar-refractivity contribution is 0.145. The predicted molar refractivity (Wildman–Crippen MR) is 91.4 cm³/mol. The number of guanidine groups is 1. The number of rotatable bonds is 7. The second-order valence-electron chi connectivity index (χ2n) is 3.91. The van der Waals surface area contributed by atoms with E-state index in [4.69, 9.17) is 10.5 Å². The number of thiazole rings is 1. The van der Waals surface area contributed by atoms with Crippen LogP contribution in [0.15, 0.2) is 4.99 Å². The molecule has 0 amide bonds. The van der Waals surface area contributed by atoms with Gasteiger partial charge in [-0.2, -0.15) is 0 Å². The maximum atomic E-state index is 5.77. The highest BCUT2D eigenvalue weighted by molar-refractivity contribution is 14.0. The first-order valence-electron chi connectivity index (χ1n) is 6.18. The molecule has 0 aliphatic carbocycles. The lowest BCUT2D eigenvalue weighted by Gasteiger charge is -2.05. The highest BCUT2D eigenvalue weighted by Gasteiger charge is 2.03. The maximum Gasteiger partial charge on any atom is 0.188 e. The Bertz CT molecular complexity index is 395. The summed E-state index contributed by atoms with van der Waals surface area (Å²) in [6.07, 6.45) is 0.929. The third kappa shape index (κ3) is 7.68. The Morgan fingerprint density at radius 3 is 2.79 bits per heavy atom. The minimum absolute atomic E-state index is 0. The number of nitrogens with two attached hydrogens (primary N) is 1. The van der Waals surface area contributed by atoms with Crippen molar-refractivity contribution >= 4 is 41.3 Å². The molecule has 1 rings (SSSR count). The van der Waals surface area contributed by atoms with Crippen LogP contribution in [0.25, 0.3) is 0 Å². The van der Waals surface area contributed by atoms with Gasteiger partial charge in [-0.3, -0.25) is 0 Å². The molecule has 5 nitrogen and oxygen atoms in total. The zero-order valence-corrected chi connectivity index (χ0v) is 14.9. The molecule has 7 heteroatoms. The lowest BCUT2D eigenvalue weighted by atomic mass is 10.4. The van der Waals surface area contributed by atoms with E-state index in [9.17, 15) is 0 Å². The van der Waals surface area contributed by atoms with E-state index in [1.54, 1.807) is 11.3 Å². The number of hydrogen-bond acceptors (Lipinski definition) is 4. The highest BCUT2D eigenvalue weighted by Crippen LogP contribution is 2.16. The summed E-state index contributed by atoms with van der Waals surface area (Å²) in [4.78, 5) is 9.89. The van der Waals surface area contributed by atoms with Crippen LogP contribution in [-0.4, -0.2) is 30.7 Å². The van der Waals surface area contributed by atoms with Crippen molar-refractivity contribution in [3.05, 3.63) is 15.6 Å². The summed E-state index contributed by atoms with van der Waals surface area (Å²) < 4.78 is 5.23. The fourth-order valence-corrected chi connectivity index (χ4v) is 2.30. The summed E-state index contributed by atoms with van der Waals surface area (Å²) in [5.41, 5.74) is 6.78. The lowest BCUT2D eigenvalue weighted by Crippen LogP contribution is -2.32. The fraction of sp³-hybridized carbons (Fsp3) is 0.667. The Balaban J connectivity index is 0.00000324. The minimum atomic E-state index is 0. The summed E-state index contributed by atoms with van der Waals surface area (Å²) in [6, 6.07) is 0. The van der Waals surface area contributed by atoms with Crippen molar-refractivity contribution in [2.75, 3.05) is 19.8 Å². The topological polar surface area (TPSA) is 72.5 Å². The van der Waals surface area contributed by atoms with Crippen LogP contribution in [0, 0.1) is 13.8 Å². The number of nitrogens with one attached hydrogen (secondary N) is 1. The van der Waals surface area contributed by atoms with Crippen LogP contribution in [0.4, 0.5) is 0 Å². The smallest absolute Gasteiger partial charge is 0.188 e. The summed E-state index contributed by atoms with van der Waals surface area (Å²) in [6.45, 7) is 8.88. The molecule has 110 valence electrons. The van der Waals surface area contributed by atoms with Gasteiger partial charge in [-0.1, -0.05) is 0 Å². The zero-order chi connectivity index (χ0) is 13.4. The monoisotopic (exact) mass is 398 g/mol. The number of hydrogen-bond donors (Lipinski definition) is 2. The molecule has 1 aromatic heterocycles. The van der Waals surface area contributed by atoms with Gasteiger partial charge in [-0.15, -0.1) is 35.3 Å². The second-order valence-corrected chi connectivity index (χ2v) is 5.32. The van der Waals surface area contributed by atoms with Gasteiger partial charge >= 0.3 is 0 Å². The molecule has 0 bridgehead atoms. The number of halogens is 1. The van der Waals surface area contributed by atoms with Crippen molar-refractivity contribution in [3.8, 4) is 0 Å².